The first-order chi connectivity index (χ1) is 8.97. The Balaban J connectivity index is 2.49. The molecule has 0 bridgehead atoms. The lowest BCUT2D eigenvalue weighted by molar-refractivity contribution is -0.137. The Kier molecular flexibility index (Phi) is 2.35. The zero-order valence-electron chi connectivity index (χ0n) is 9.48. The number of hydrogen-bond donors (Lipinski definition) is 0. The van der Waals surface area contributed by atoms with Crippen molar-refractivity contribution in [3.05, 3.63) is 58.5 Å². The molecule has 96 valence electrons. The average molecular weight is 264 g/mol. The van der Waals surface area contributed by atoms with E-state index in [2.05, 4.69) is 4.98 Å². The second-order valence-electron chi connectivity index (χ2n) is 4.08. The summed E-state index contributed by atoms with van der Waals surface area (Å²) in [7, 11) is 0. The molecule has 2 heterocycles. The molecule has 0 amide bonds. The molecule has 0 atom stereocenters. The van der Waals surface area contributed by atoms with Crippen molar-refractivity contribution in [1.29, 1.82) is 0 Å². The average Bonchev–Trinajstić information content (AvgIpc) is 2.37. The third-order valence-corrected chi connectivity index (χ3v) is 2.87. The molecule has 3 aromatic rings. The molecule has 0 saturated heterocycles. The van der Waals surface area contributed by atoms with Gasteiger partial charge < -0.3 is 4.40 Å². The van der Waals surface area contributed by atoms with E-state index in [0.717, 1.165) is 18.2 Å². The van der Waals surface area contributed by atoms with Crippen LogP contribution < -0.4 is 5.56 Å². The van der Waals surface area contributed by atoms with Crippen molar-refractivity contribution in [2.24, 2.45) is 0 Å². The predicted octanol–water partition coefficient (Wildman–Crippen LogP) is 2.87. The summed E-state index contributed by atoms with van der Waals surface area (Å²) in [5.74, 6) is 0. The van der Waals surface area contributed by atoms with Gasteiger partial charge in [0.1, 0.15) is 5.65 Å². The molecule has 3 rings (SSSR count). The first kappa shape index (κ1) is 11.7. The molecule has 0 aliphatic rings. The normalized spacial score (nSPS) is 12.2. The minimum Gasteiger partial charge on any atom is -0.301 e. The van der Waals surface area contributed by atoms with E-state index in [0.29, 0.717) is 5.65 Å². The van der Waals surface area contributed by atoms with Crippen molar-refractivity contribution in [1.82, 2.24) is 9.38 Å². The molecule has 0 saturated carbocycles. The van der Waals surface area contributed by atoms with Crippen LogP contribution in [0, 0.1) is 0 Å². The second kappa shape index (κ2) is 3.81. The van der Waals surface area contributed by atoms with Crippen LogP contribution in [-0.4, -0.2) is 9.38 Å². The van der Waals surface area contributed by atoms with E-state index in [9.17, 15) is 18.0 Å². The van der Waals surface area contributed by atoms with Crippen molar-refractivity contribution in [2.75, 3.05) is 0 Å². The standard InChI is InChI=1S/C13H7F3N2O/c14-13(15,16)8-4-5-9-10(7-8)18-6-2-1-3-11(18)17-12(9)19/h1-7H. The van der Waals surface area contributed by atoms with Crippen LogP contribution >= 0.6 is 0 Å². The predicted molar refractivity (Wildman–Crippen MR) is 64.0 cm³/mol. The number of pyridine rings is 1. The van der Waals surface area contributed by atoms with E-state index in [-0.39, 0.29) is 10.9 Å². The van der Waals surface area contributed by atoms with Gasteiger partial charge in [0, 0.05) is 6.20 Å². The molecule has 0 spiro atoms. The molecule has 0 aliphatic carbocycles. The lowest BCUT2D eigenvalue weighted by atomic mass is 10.1. The SMILES string of the molecule is O=c1nc2ccccn2c2cc(C(F)(F)F)ccc12. The van der Waals surface area contributed by atoms with Crippen molar-refractivity contribution in [3.8, 4) is 0 Å². The lowest BCUT2D eigenvalue weighted by Crippen LogP contribution is -2.12. The Morgan fingerprint density at radius 1 is 1.11 bits per heavy atom. The van der Waals surface area contributed by atoms with E-state index in [1.54, 1.807) is 24.4 Å². The van der Waals surface area contributed by atoms with Crippen molar-refractivity contribution in [2.45, 2.75) is 6.18 Å². The van der Waals surface area contributed by atoms with Gasteiger partial charge in [0.25, 0.3) is 5.56 Å². The first-order valence-corrected chi connectivity index (χ1v) is 5.45. The molecular formula is C13H7F3N2O. The van der Waals surface area contributed by atoms with Gasteiger partial charge >= 0.3 is 6.18 Å². The summed E-state index contributed by atoms with van der Waals surface area (Å²) in [6.07, 6.45) is -2.87. The van der Waals surface area contributed by atoms with Crippen LogP contribution in [0.15, 0.2) is 47.4 Å². The van der Waals surface area contributed by atoms with Crippen molar-refractivity contribution < 1.29 is 13.2 Å². The number of halogens is 3. The molecule has 1 aromatic carbocycles. The Labute approximate surface area is 104 Å². The highest BCUT2D eigenvalue weighted by Gasteiger charge is 2.30. The summed E-state index contributed by atoms with van der Waals surface area (Å²) >= 11 is 0. The fraction of sp³-hybridized carbons (Fsp3) is 0.0769. The molecule has 0 N–H and O–H groups in total. The third kappa shape index (κ3) is 1.85. The molecule has 3 nitrogen and oxygen atoms in total. The summed E-state index contributed by atoms with van der Waals surface area (Å²) in [4.78, 5) is 15.6. The highest BCUT2D eigenvalue weighted by molar-refractivity contribution is 5.81. The van der Waals surface area contributed by atoms with E-state index < -0.39 is 17.3 Å². The second-order valence-corrected chi connectivity index (χ2v) is 4.08. The van der Waals surface area contributed by atoms with Gasteiger partial charge in [-0.15, -0.1) is 0 Å². The van der Waals surface area contributed by atoms with Gasteiger partial charge in [0.2, 0.25) is 0 Å². The molecule has 6 heteroatoms. The summed E-state index contributed by atoms with van der Waals surface area (Å²) in [6, 6.07) is 7.92. The largest absolute Gasteiger partial charge is 0.416 e. The van der Waals surface area contributed by atoms with Crippen LogP contribution in [0.25, 0.3) is 16.6 Å². The Bertz CT molecular complexity index is 837. The van der Waals surface area contributed by atoms with E-state index in [4.69, 9.17) is 0 Å². The molecule has 0 fully saturated rings. The van der Waals surface area contributed by atoms with Gasteiger partial charge in [-0.2, -0.15) is 18.2 Å². The van der Waals surface area contributed by atoms with E-state index in [1.165, 1.54) is 4.40 Å². The zero-order chi connectivity index (χ0) is 13.6. The Morgan fingerprint density at radius 3 is 2.63 bits per heavy atom. The molecule has 0 unspecified atom stereocenters. The maximum absolute atomic E-state index is 12.7. The first-order valence-electron chi connectivity index (χ1n) is 5.45. The topological polar surface area (TPSA) is 34.4 Å². The third-order valence-electron chi connectivity index (χ3n) is 2.87. The fourth-order valence-corrected chi connectivity index (χ4v) is 1.98. The van der Waals surface area contributed by atoms with Crippen LogP contribution in [0.4, 0.5) is 13.2 Å². The number of alkyl halides is 3. The van der Waals surface area contributed by atoms with Gasteiger partial charge in [-0.25, -0.2) is 0 Å². The molecule has 0 radical (unpaired) electrons. The van der Waals surface area contributed by atoms with Gasteiger partial charge in [0.15, 0.2) is 0 Å². The summed E-state index contributed by atoms with van der Waals surface area (Å²) < 4.78 is 39.6. The smallest absolute Gasteiger partial charge is 0.301 e. The Morgan fingerprint density at radius 2 is 1.89 bits per heavy atom. The molecular weight excluding hydrogens is 257 g/mol. The number of benzene rings is 1. The molecule has 2 aromatic heterocycles. The summed E-state index contributed by atoms with van der Waals surface area (Å²) in [5.41, 5.74) is -0.803. The van der Waals surface area contributed by atoms with Crippen LogP contribution in [0.5, 0.6) is 0 Å². The van der Waals surface area contributed by atoms with Gasteiger partial charge in [-0.05, 0) is 30.3 Å². The number of nitrogens with zero attached hydrogens (tertiary/aromatic N) is 2. The van der Waals surface area contributed by atoms with Crippen LogP contribution in [0.1, 0.15) is 5.56 Å². The maximum Gasteiger partial charge on any atom is 0.416 e. The van der Waals surface area contributed by atoms with Crippen LogP contribution in [-0.2, 0) is 6.18 Å². The number of rotatable bonds is 0. The summed E-state index contributed by atoms with van der Waals surface area (Å²) in [5, 5.41) is 0.164. The van der Waals surface area contributed by atoms with Crippen LogP contribution in [0.3, 0.4) is 0 Å². The quantitative estimate of drug-likeness (QED) is 0.585. The Hall–Kier alpha value is -2.37. The number of aromatic nitrogens is 2. The molecule has 0 aliphatic heterocycles. The van der Waals surface area contributed by atoms with E-state index >= 15 is 0 Å². The monoisotopic (exact) mass is 264 g/mol. The van der Waals surface area contributed by atoms with Gasteiger partial charge in [0.05, 0.1) is 16.5 Å². The fourth-order valence-electron chi connectivity index (χ4n) is 1.98. The minimum absolute atomic E-state index is 0.164. The minimum atomic E-state index is -4.44. The number of hydrogen-bond acceptors (Lipinski definition) is 2. The summed E-state index contributed by atoms with van der Waals surface area (Å²) in [6.45, 7) is 0. The van der Waals surface area contributed by atoms with E-state index in [1.807, 2.05) is 0 Å². The maximum atomic E-state index is 12.7. The molecule has 19 heavy (non-hydrogen) atoms. The lowest BCUT2D eigenvalue weighted by Gasteiger charge is -2.09. The van der Waals surface area contributed by atoms with Crippen LogP contribution in [0.2, 0.25) is 0 Å². The zero-order valence-corrected chi connectivity index (χ0v) is 9.48. The van der Waals surface area contributed by atoms with Crippen molar-refractivity contribution >= 4 is 16.6 Å². The highest BCUT2D eigenvalue weighted by atomic mass is 19.4. The highest BCUT2D eigenvalue weighted by Crippen LogP contribution is 2.30. The van der Waals surface area contributed by atoms with Gasteiger partial charge in [-0.3, -0.25) is 4.79 Å². The number of fused-ring (bicyclic) bond motifs is 3. The van der Waals surface area contributed by atoms with Gasteiger partial charge in [-0.1, -0.05) is 6.07 Å². The van der Waals surface area contributed by atoms with Crippen molar-refractivity contribution in [3.63, 3.8) is 0 Å².